The first-order chi connectivity index (χ1) is 18.9. The number of hydrogen-bond acceptors (Lipinski definition) is 9. The molecule has 0 radical (unpaired) electrons. The van der Waals surface area contributed by atoms with Gasteiger partial charge < -0.3 is 20.6 Å². The van der Waals surface area contributed by atoms with E-state index >= 15 is 0 Å². The van der Waals surface area contributed by atoms with Gasteiger partial charge in [-0.3, -0.25) is 9.69 Å². The van der Waals surface area contributed by atoms with Crippen LogP contribution in [-0.4, -0.2) is 70.0 Å². The molecule has 3 N–H and O–H groups in total. The summed E-state index contributed by atoms with van der Waals surface area (Å²) in [7, 11) is 0. The normalized spacial score (nSPS) is 24.1. The molecular formula is C22H26ClN7O2S. The van der Waals surface area contributed by atoms with Crippen molar-refractivity contribution in [1.29, 1.82) is 0 Å². The Labute approximate surface area is 212 Å². The summed E-state index contributed by atoms with van der Waals surface area (Å²) in [4.78, 5) is 26.1. The van der Waals surface area contributed by atoms with E-state index in [4.69, 9.17) is 22.6 Å². The number of carbonyl (C=O) groups is 1. The van der Waals surface area contributed by atoms with Gasteiger partial charge in [-0.2, -0.15) is 0 Å². The van der Waals surface area contributed by atoms with Crippen molar-refractivity contribution in [2.45, 2.75) is 13.8 Å². The molecule has 0 aliphatic carbocycles. The number of halogens is 1. The number of benzene rings is 1. The van der Waals surface area contributed by atoms with Crippen LogP contribution in [0.25, 0.3) is 0 Å². The van der Waals surface area contributed by atoms with E-state index in [2.05, 4.69) is 25.6 Å². The number of nitrogens with zero attached hydrogens (tertiary/aromatic N) is 5. The van der Waals surface area contributed by atoms with Gasteiger partial charge >= 0.3 is 0 Å². The van der Waals surface area contributed by atoms with Gasteiger partial charge in [-0.25, -0.2) is 15.0 Å². The van der Waals surface area contributed by atoms with Crippen molar-refractivity contribution in [1.82, 2.24) is 19.9 Å². The summed E-state index contributed by atoms with van der Waals surface area (Å²) in [6.45, 7) is -10.6. The second-order valence-electron chi connectivity index (χ2n) is 6.86. The number of aryl methyl sites for hydroxylation is 2. The van der Waals surface area contributed by atoms with Gasteiger partial charge in [0.05, 0.1) is 29.0 Å². The summed E-state index contributed by atoms with van der Waals surface area (Å²) in [5.41, 5.74) is 1.23. The molecule has 3 heterocycles. The fourth-order valence-electron chi connectivity index (χ4n) is 2.85. The number of β-amino-alcohol motifs (C(OH)–C–C–N with tert-alkyl or cyclic N) is 1. The molecule has 2 aromatic heterocycles. The number of thiazole rings is 1. The zero-order valence-corrected chi connectivity index (χ0v) is 19.3. The summed E-state index contributed by atoms with van der Waals surface area (Å²) in [5, 5.41) is 15.5. The number of aliphatic hydroxyl groups excluding tert-OH is 1. The van der Waals surface area contributed by atoms with Crippen LogP contribution in [0, 0.1) is 13.8 Å². The van der Waals surface area contributed by atoms with Crippen molar-refractivity contribution >= 4 is 51.3 Å². The largest absolute Gasteiger partial charge is 0.395 e. The van der Waals surface area contributed by atoms with Crippen molar-refractivity contribution in [3.05, 3.63) is 51.7 Å². The SMILES string of the molecule is [2H]C1([2H])N(CCO)C([2H])([2H])C([2H])([2H])N(c2cc(Nc3ncc(C(=O)Nc4c(C)cccc4Cl)s3)nc(C)n2)C1([2H])[2H]. The topological polar surface area (TPSA) is 107 Å². The second kappa shape index (κ2) is 10.4. The monoisotopic (exact) mass is 495 g/mol. The fraction of sp³-hybridized carbons (Fsp3) is 0.364. The van der Waals surface area contributed by atoms with E-state index in [1.165, 1.54) is 13.1 Å². The zero-order chi connectivity index (χ0) is 30.5. The Kier molecular flexibility index (Phi) is 4.80. The van der Waals surface area contributed by atoms with Gasteiger partial charge in [0.2, 0.25) is 0 Å². The van der Waals surface area contributed by atoms with Crippen LogP contribution >= 0.6 is 22.9 Å². The van der Waals surface area contributed by atoms with Gasteiger partial charge in [0, 0.05) is 44.1 Å². The summed E-state index contributed by atoms with van der Waals surface area (Å²) in [6, 6.07) is 6.33. The lowest BCUT2D eigenvalue weighted by atomic mass is 10.2. The summed E-state index contributed by atoms with van der Waals surface area (Å²) < 4.78 is 67.7. The molecule has 174 valence electrons. The molecule has 0 atom stereocenters. The molecule has 0 saturated carbocycles. The maximum absolute atomic E-state index is 12.8. The van der Waals surface area contributed by atoms with Crippen LogP contribution in [0.4, 0.5) is 22.5 Å². The molecule has 1 fully saturated rings. The van der Waals surface area contributed by atoms with Gasteiger partial charge in [0.25, 0.3) is 5.91 Å². The highest BCUT2D eigenvalue weighted by molar-refractivity contribution is 7.17. The predicted molar refractivity (Wildman–Crippen MR) is 132 cm³/mol. The van der Waals surface area contributed by atoms with Gasteiger partial charge in [-0.05, 0) is 25.5 Å². The summed E-state index contributed by atoms with van der Waals surface area (Å²) in [6.07, 6.45) is 1.32. The Morgan fingerprint density at radius 3 is 2.79 bits per heavy atom. The molecule has 3 aromatic rings. The molecule has 9 nitrogen and oxygen atoms in total. The third-order valence-corrected chi connectivity index (χ3v) is 5.62. The molecule has 1 amide bonds. The number of rotatable bonds is 7. The van der Waals surface area contributed by atoms with Gasteiger partial charge in [0.15, 0.2) is 5.13 Å². The van der Waals surface area contributed by atoms with Gasteiger partial charge in [-0.1, -0.05) is 35.1 Å². The lowest BCUT2D eigenvalue weighted by Crippen LogP contribution is -2.47. The Morgan fingerprint density at radius 2 is 2.06 bits per heavy atom. The number of para-hydroxylation sites is 1. The highest BCUT2D eigenvalue weighted by atomic mass is 35.5. The smallest absolute Gasteiger partial charge is 0.267 e. The van der Waals surface area contributed by atoms with E-state index in [0.717, 1.165) is 23.0 Å². The highest BCUT2D eigenvalue weighted by Gasteiger charge is 2.19. The number of carbonyl (C=O) groups excluding carboxylic acids is 1. The number of aliphatic hydroxyl groups is 1. The number of hydrogen-bond donors (Lipinski definition) is 3. The Bertz CT molecular complexity index is 1430. The first-order valence-corrected chi connectivity index (χ1v) is 11.0. The molecule has 0 bridgehead atoms. The average molecular weight is 496 g/mol. The standard InChI is InChI=1S/C22H26ClN7O2S/c1-14-4-3-5-16(23)20(14)28-21(32)17-13-24-22(33-17)27-18-12-19(26-15(2)25-18)30-8-6-29(7-9-30)10-11-31/h3-5,12-13,31H,6-11H2,1-2H3,(H,28,32)(H,24,25,26,27)/i6D2,7D2,8D2,9D2. The van der Waals surface area contributed by atoms with Crippen molar-refractivity contribution in [3.8, 4) is 0 Å². The van der Waals surface area contributed by atoms with Crippen molar-refractivity contribution in [2.75, 3.05) is 54.7 Å². The fourth-order valence-corrected chi connectivity index (χ4v) is 3.83. The number of nitrogens with one attached hydrogen (secondary N) is 2. The van der Waals surface area contributed by atoms with Crippen LogP contribution < -0.4 is 15.5 Å². The minimum absolute atomic E-state index is 0.0151. The highest BCUT2D eigenvalue weighted by Crippen LogP contribution is 2.28. The predicted octanol–water partition coefficient (Wildman–Crippen LogP) is 3.31. The molecule has 33 heavy (non-hydrogen) atoms. The van der Waals surface area contributed by atoms with Crippen LogP contribution in [0.5, 0.6) is 0 Å². The van der Waals surface area contributed by atoms with E-state index in [-0.39, 0.29) is 21.7 Å². The molecular weight excluding hydrogens is 462 g/mol. The number of anilines is 4. The third kappa shape index (κ3) is 5.77. The lowest BCUT2D eigenvalue weighted by molar-refractivity contribution is 0.103. The molecule has 4 rings (SSSR count). The molecule has 0 unspecified atom stereocenters. The minimum Gasteiger partial charge on any atom is -0.395 e. The number of piperazine rings is 1. The lowest BCUT2D eigenvalue weighted by Gasteiger charge is -2.35. The van der Waals surface area contributed by atoms with E-state index in [1.54, 1.807) is 25.1 Å². The maximum Gasteiger partial charge on any atom is 0.267 e. The molecule has 1 aliphatic rings. The van der Waals surface area contributed by atoms with Crippen molar-refractivity contribution in [2.24, 2.45) is 0 Å². The number of amides is 1. The third-order valence-electron chi connectivity index (χ3n) is 4.40. The van der Waals surface area contributed by atoms with Crippen LogP contribution in [-0.2, 0) is 0 Å². The van der Waals surface area contributed by atoms with Gasteiger partial charge in [0.1, 0.15) is 22.3 Å². The van der Waals surface area contributed by atoms with Crippen molar-refractivity contribution < 1.29 is 20.9 Å². The molecule has 1 aliphatic heterocycles. The van der Waals surface area contributed by atoms with Crippen LogP contribution in [0.3, 0.4) is 0 Å². The van der Waals surface area contributed by atoms with E-state index in [9.17, 15) is 9.90 Å². The molecule has 11 heteroatoms. The second-order valence-corrected chi connectivity index (χ2v) is 8.29. The van der Waals surface area contributed by atoms with Crippen LogP contribution in [0.1, 0.15) is 32.0 Å². The van der Waals surface area contributed by atoms with E-state index in [0.29, 0.717) is 20.5 Å². The van der Waals surface area contributed by atoms with Crippen LogP contribution in [0.2, 0.25) is 5.02 Å². The van der Waals surface area contributed by atoms with Gasteiger partial charge in [-0.15, -0.1) is 0 Å². The maximum atomic E-state index is 12.8. The Morgan fingerprint density at radius 1 is 1.27 bits per heavy atom. The first-order valence-electron chi connectivity index (χ1n) is 13.8. The zero-order valence-electron chi connectivity index (χ0n) is 25.7. The summed E-state index contributed by atoms with van der Waals surface area (Å²) in [5.74, 6) is -0.839. The first kappa shape index (κ1) is 15.2. The quantitative estimate of drug-likeness (QED) is 0.458. The minimum atomic E-state index is -3.15. The Hall–Kier alpha value is -2.79. The summed E-state index contributed by atoms with van der Waals surface area (Å²) >= 11 is 7.16. The van der Waals surface area contributed by atoms with Crippen LogP contribution in [0.15, 0.2) is 30.5 Å². The molecule has 1 saturated heterocycles. The molecule has 1 aromatic carbocycles. The van der Waals surface area contributed by atoms with Crippen molar-refractivity contribution in [3.63, 3.8) is 0 Å². The Balaban J connectivity index is 1.65. The van der Waals surface area contributed by atoms with E-state index in [1.807, 2.05) is 0 Å². The molecule has 0 spiro atoms. The number of aromatic nitrogens is 3. The average Bonchev–Trinajstić information content (AvgIpc) is 3.31. The van der Waals surface area contributed by atoms with E-state index < -0.39 is 50.9 Å².